The van der Waals surface area contributed by atoms with Crippen LogP contribution in [0.4, 0.5) is 14.9 Å². The molecule has 0 spiro atoms. The van der Waals surface area contributed by atoms with Gasteiger partial charge < -0.3 is 24.8 Å². The fraction of sp³-hybridized carbons (Fsp3) is 0.553. The Morgan fingerprint density at radius 3 is 2.44 bits per heavy atom. The molecule has 4 atom stereocenters. The van der Waals surface area contributed by atoms with Crippen molar-refractivity contribution in [2.24, 2.45) is 17.8 Å². The minimum Gasteiger partial charge on any atom is -0.453 e. The normalized spacial score (nSPS) is 24.9. The maximum atomic E-state index is 14.6. The average molecular weight is 706 g/mol. The van der Waals surface area contributed by atoms with Crippen LogP contribution >= 0.6 is 0 Å². The van der Waals surface area contributed by atoms with E-state index in [1.165, 1.54) is 25.3 Å². The van der Waals surface area contributed by atoms with Gasteiger partial charge in [-0.3, -0.25) is 4.79 Å². The molecule has 268 valence electrons. The molecule has 10 nitrogen and oxygen atoms in total. The van der Waals surface area contributed by atoms with E-state index in [1.54, 1.807) is 23.1 Å². The maximum absolute atomic E-state index is 14.6. The summed E-state index contributed by atoms with van der Waals surface area (Å²) in [5.41, 5.74) is 0.758. The highest BCUT2D eigenvalue weighted by Crippen LogP contribution is 2.50. The zero-order valence-corrected chi connectivity index (χ0v) is 29.6. The number of nitriles is 1. The fourth-order valence-electron chi connectivity index (χ4n) is 9.02. The number of carbonyl (C=O) groups is 2. The lowest BCUT2D eigenvalue weighted by molar-refractivity contribution is -0.126. The van der Waals surface area contributed by atoms with Crippen molar-refractivity contribution >= 4 is 27.5 Å². The number of rotatable bonds is 10. The van der Waals surface area contributed by atoms with Crippen molar-refractivity contribution in [3.8, 4) is 6.07 Å². The monoisotopic (exact) mass is 705 g/mol. The van der Waals surface area contributed by atoms with Crippen LogP contribution in [0.5, 0.6) is 0 Å². The molecule has 0 bridgehead atoms. The Morgan fingerprint density at radius 2 is 1.78 bits per heavy atom. The number of nitrogens with zero attached hydrogens (tertiary/aromatic N) is 4. The summed E-state index contributed by atoms with van der Waals surface area (Å²) in [4.78, 5) is 30.9. The van der Waals surface area contributed by atoms with Crippen LogP contribution in [-0.4, -0.2) is 94.4 Å². The van der Waals surface area contributed by atoms with Crippen molar-refractivity contribution in [3.05, 3.63) is 72.6 Å². The number of hydrogen-bond acceptors (Lipinski definition) is 8. The minimum atomic E-state index is -3.57. The number of carbonyl (C=O) groups excluding carboxylic acids is 2. The Balaban J connectivity index is 1.05. The van der Waals surface area contributed by atoms with Crippen LogP contribution in [0.25, 0.3) is 0 Å². The predicted octanol–water partition coefficient (Wildman–Crippen LogP) is 4.91. The van der Waals surface area contributed by atoms with Gasteiger partial charge in [0.2, 0.25) is 5.91 Å². The van der Waals surface area contributed by atoms with E-state index < -0.39 is 26.6 Å². The lowest BCUT2D eigenvalue weighted by atomic mass is 9.59. The number of alkyl carbamates (subject to hydrolysis) is 1. The number of anilines is 1. The molecule has 1 N–H and O–H groups in total. The number of benzene rings is 2. The second-order valence-electron chi connectivity index (χ2n) is 14.4. The van der Waals surface area contributed by atoms with Crippen molar-refractivity contribution in [2.45, 2.75) is 66.5 Å². The summed E-state index contributed by atoms with van der Waals surface area (Å²) in [5, 5.41) is 13.3. The van der Waals surface area contributed by atoms with Crippen LogP contribution in [0.15, 0.2) is 66.1 Å². The molecule has 0 aromatic heterocycles. The molecule has 4 aliphatic rings. The molecule has 2 amide bonds. The minimum absolute atomic E-state index is 0.0161. The fourth-order valence-corrected chi connectivity index (χ4v) is 10.8. The topological polar surface area (TPSA) is 123 Å². The van der Waals surface area contributed by atoms with Crippen molar-refractivity contribution in [1.82, 2.24) is 15.1 Å². The van der Waals surface area contributed by atoms with Gasteiger partial charge >= 0.3 is 6.09 Å². The van der Waals surface area contributed by atoms with Crippen LogP contribution < -0.4 is 10.2 Å². The van der Waals surface area contributed by atoms with Crippen molar-refractivity contribution in [2.75, 3.05) is 57.8 Å². The Bertz CT molecular complexity index is 1700. The standard InChI is InChI=1S/C38H48FN5O5S/c1-3-36(45)43-18-6-9-33(25-43)50(47,48)32-14-12-31(13-15-32)44-23-27(24-44)22-42-19-16-28(17-20-42)38(26-40,29-7-4-8-30(39)21-29)34-10-5-11-35(34)41-37(46)49-2/h3-4,7-8,12-15,21,27-28,33-35H,1,5-6,9-11,16-20,22-25H2,2H3,(H,41,46)/t33-,34+,35+,38+/m1/s1. The second kappa shape index (κ2) is 15.1. The SMILES string of the molecule is C=CC(=O)N1CCC[C@@H](S(=O)(=O)c2ccc(N3CC(CN4CCC([C@@](C#N)(c5cccc(F)c5)[C@H]5CCC[C@@H]5NC(=O)OC)CC4)C3)cc2)C1. The van der Waals surface area contributed by atoms with Gasteiger partial charge in [-0.15, -0.1) is 0 Å². The summed E-state index contributed by atoms with van der Waals surface area (Å²) in [7, 11) is -2.23. The molecule has 50 heavy (non-hydrogen) atoms. The number of methoxy groups -OCH3 is 1. The van der Waals surface area contributed by atoms with Gasteiger partial charge in [-0.2, -0.15) is 5.26 Å². The third-order valence-corrected chi connectivity index (χ3v) is 13.8. The first-order valence-corrected chi connectivity index (χ1v) is 19.4. The zero-order valence-electron chi connectivity index (χ0n) is 28.8. The largest absolute Gasteiger partial charge is 0.453 e. The maximum Gasteiger partial charge on any atom is 0.407 e. The van der Waals surface area contributed by atoms with Gasteiger partial charge in [0.25, 0.3) is 0 Å². The highest BCUT2D eigenvalue weighted by Gasteiger charge is 2.53. The first-order chi connectivity index (χ1) is 24.1. The van der Waals surface area contributed by atoms with E-state index in [0.29, 0.717) is 30.9 Å². The van der Waals surface area contributed by atoms with E-state index in [0.717, 1.165) is 70.5 Å². The highest BCUT2D eigenvalue weighted by molar-refractivity contribution is 7.92. The molecule has 1 aliphatic carbocycles. The molecular weight excluding hydrogens is 658 g/mol. The Kier molecular flexibility index (Phi) is 10.8. The molecule has 3 heterocycles. The molecule has 6 rings (SSSR count). The molecule has 0 unspecified atom stereocenters. The Hall–Kier alpha value is -3.95. The molecule has 1 saturated carbocycles. The summed E-state index contributed by atoms with van der Waals surface area (Å²) in [6.07, 6.45) is 5.93. The van der Waals surface area contributed by atoms with E-state index in [1.807, 2.05) is 18.2 Å². The van der Waals surface area contributed by atoms with Gasteiger partial charge in [0.05, 0.1) is 28.7 Å². The van der Waals surface area contributed by atoms with Crippen LogP contribution in [0.1, 0.15) is 50.5 Å². The number of sulfone groups is 1. The summed E-state index contributed by atoms with van der Waals surface area (Å²) >= 11 is 0. The third-order valence-electron chi connectivity index (χ3n) is 11.6. The quantitative estimate of drug-likeness (QED) is 0.346. The molecule has 3 saturated heterocycles. The van der Waals surface area contributed by atoms with Crippen LogP contribution in [0.2, 0.25) is 0 Å². The number of piperidine rings is 2. The summed E-state index contributed by atoms with van der Waals surface area (Å²) in [5.74, 6) is -0.257. The number of nitrogens with one attached hydrogen (secondary N) is 1. The van der Waals surface area contributed by atoms with Gasteiger partial charge in [0.1, 0.15) is 5.82 Å². The third kappa shape index (κ3) is 7.12. The summed E-state index contributed by atoms with van der Waals surface area (Å²) in [6.45, 7) is 8.64. The molecule has 2 aromatic rings. The molecule has 2 aromatic carbocycles. The molecule has 12 heteroatoms. The summed E-state index contributed by atoms with van der Waals surface area (Å²) in [6, 6.07) is 16.1. The predicted molar refractivity (Wildman–Crippen MR) is 189 cm³/mol. The van der Waals surface area contributed by atoms with Crippen molar-refractivity contribution < 1.29 is 27.1 Å². The van der Waals surface area contributed by atoms with Gasteiger partial charge in [-0.1, -0.05) is 25.1 Å². The van der Waals surface area contributed by atoms with E-state index >= 15 is 0 Å². The average Bonchev–Trinajstić information content (AvgIpc) is 3.58. The lowest BCUT2D eigenvalue weighted by Gasteiger charge is -2.48. The van der Waals surface area contributed by atoms with E-state index in [2.05, 4.69) is 27.8 Å². The number of hydrogen-bond donors (Lipinski definition) is 1. The van der Waals surface area contributed by atoms with E-state index in [9.17, 15) is 27.7 Å². The van der Waals surface area contributed by atoms with Crippen LogP contribution in [-0.2, 0) is 24.8 Å². The Morgan fingerprint density at radius 1 is 1.04 bits per heavy atom. The number of halogens is 1. The van der Waals surface area contributed by atoms with Crippen LogP contribution in [0.3, 0.4) is 0 Å². The molecule has 0 radical (unpaired) electrons. The van der Waals surface area contributed by atoms with Crippen molar-refractivity contribution in [3.63, 3.8) is 0 Å². The Labute approximate surface area is 295 Å². The van der Waals surface area contributed by atoms with Gasteiger partial charge in [0, 0.05) is 56.3 Å². The lowest BCUT2D eigenvalue weighted by Crippen LogP contribution is -2.55. The van der Waals surface area contributed by atoms with Gasteiger partial charge in [-0.05, 0) is 106 Å². The number of amides is 2. The first kappa shape index (κ1) is 35.9. The number of likely N-dealkylation sites (tertiary alicyclic amines) is 2. The molecular formula is C38H48FN5O5S. The van der Waals surface area contributed by atoms with E-state index in [4.69, 9.17) is 4.74 Å². The zero-order chi connectivity index (χ0) is 35.5. The molecule has 3 aliphatic heterocycles. The van der Waals surface area contributed by atoms with Crippen LogP contribution in [0, 0.1) is 34.9 Å². The van der Waals surface area contributed by atoms with Gasteiger partial charge in [-0.25, -0.2) is 17.6 Å². The number of ether oxygens (including phenoxy) is 1. The van der Waals surface area contributed by atoms with Gasteiger partial charge in [0.15, 0.2) is 9.84 Å². The summed E-state index contributed by atoms with van der Waals surface area (Å²) < 4.78 is 46.3. The first-order valence-electron chi connectivity index (χ1n) is 17.8. The van der Waals surface area contributed by atoms with Crippen molar-refractivity contribution in [1.29, 1.82) is 5.26 Å². The highest BCUT2D eigenvalue weighted by atomic mass is 32.2. The molecule has 4 fully saturated rings. The van der Waals surface area contributed by atoms with E-state index in [-0.39, 0.29) is 41.0 Å². The smallest absolute Gasteiger partial charge is 0.407 e. The second-order valence-corrected chi connectivity index (χ2v) is 16.6.